The van der Waals surface area contributed by atoms with Gasteiger partial charge in [0.25, 0.3) is 5.91 Å². The summed E-state index contributed by atoms with van der Waals surface area (Å²) in [5.74, 6) is 1.45. The Balaban J connectivity index is 1.60. The molecule has 1 aromatic heterocycles. The van der Waals surface area contributed by atoms with Gasteiger partial charge < -0.3 is 15.8 Å². The van der Waals surface area contributed by atoms with Crippen LogP contribution in [-0.2, 0) is 6.54 Å². The Morgan fingerprint density at radius 2 is 1.76 bits per heavy atom. The Labute approximate surface area is 154 Å². The summed E-state index contributed by atoms with van der Waals surface area (Å²) >= 11 is 3.28. The van der Waals surface area contributed by atoms with Crippen LogP contribution in [0.2, 0.25) is 0 Å². The fraction of sp³-hybridized carbons (Fsp3) is 0.0526. The van der Waals surface area contributed by atoms with Gasteiger partial charge >= 0.3 is 0 Å². The molecular weight excluding hydrogens is 382 g/mol. The number of amides is 1. The number of hydrogen-bond acceptors (Lipinski definition) is 4. The molecule has 0 radical (unpaired) electrons. The second-order valence-electron chi connectivity index (χ2n) is 5.33. The number of carbonyl (C=O) groups is 1. The number of ether oxygens (including phenoxy) is 1. The molecule has 2 aromatic carbocycles. The van der Waals surface area contributed by atoms with Gasteiger partial charge in [-0.1, -0.05) is 30.3 Å². The zero-order valence-electron chi connectivity index (χ0n) is 13.3. The highest BCUT2D eigenvalue weighted by molar-refractivity contribution is 9.10. The van der Waals surface area contributed by atoms with Crippen LogP contribution in [0.25, 0.3) is 0 Å². The van der Waals surface area contributed by atoms with Gasteiger partial charge in [-0.25, -0.2) is 4.98 Å². The molecule has 0 aliphatic rings. The molecule has 6 heteroatoms. The van der Waals surface area contributed by atoms with E-state index in [-0.39, 0.29) is 11.7 Å². The van der Waals surface area contributed by atoms with Crippen LogP contribution in [-0.4, -0.2) is 10.9 Å². The first-order valence-corrected chi connectivity index (χ1v) is 8.42. The lowest BCUT2D eigenvalue weighted by Gasteiger charge is -2.09. The highest BCUT2D eigenvalue weighted by atomic mass is 79.9. The van der Waals surface area contributed by atoms with Crippen molar-refractivity contribution in [3.8, 4) is 11.5 Å². The summed E-state index contributed by atoms with van der Waals surface area (Å²) in [6, 6.07) is 18.7. The molecule has 3 aromatic rings. The Bertz CT molecular complexity index is 868. The monoisotopic (exact) mass is 397 g/mol. The van der Waals surface area contributed by atoms with Crippen molar-refractivity contribution in [3.63, 3.8) is 0 Å². The Morgan fingerprint density at radius 3 is 2.48 bits per heavy atom. The van der Waals surface area contributed by atoms with Crippen LogP contribution >= 0.6 is 15.9 Å². The quantitative estimate of drug-likeness (QED) is 0.677. The molecule has 0 unspecified atom stereocenters. The zero-order valence-corrected chi connectivity index (χ0v) is 14.9. The number of pyridine rings is 1. The summed E-state index contributed by atoms with van der Waals surface area (Å²) in [5.41, 5.74) is 7.04. The van der Waals surface area contributed by atoms with Crippen molar-refractivity contribution in [1.29, 1.82) is 0 Å². The van der Waals surface area contributed by atoms with Crippen molar-refractivity contribution in [1.82, 2.24) is 10.3 Å². The molecule has 0 saturated carbocycles. The number of para-hydroxylation sites is 1. The predicted octanol–water partition coefficient (Wildman–Crippen LogP) is 4.15. The minimum atomic E-state index is -0.268. The van der Waals surface area contributed by atoms with E-state index in [1.807, 2.05) is 54.6 Å². The lowest BCUT2D eigenvalue weighted by molar-refractivity contribution is 0.0951. The number of nitrogen functional groups attached to an aromatic ring is 1. The lowest BCUT2D eigenvalue weighted by Crippen LogP contribution is -2.24. The highest BCUT2D eigenvalue weighted by Gasteiger charge is 2.11. The van der Waals surface area contributed by atoms with Crippen LogP contribution in [0.1, 0.15) is 15.9 Å². The molecule has 0 aliphatic heterocycles. The van der Waals surface area contributed by atoms with Gasteiger partial charge in [-0.05, 0) is 51.8 Å². The maximum Gasteiger partial charge on any atom is 0.255 e. The molecule has 0 atom stereocenters. The maximum atomic E-state index is 12.2. The number of rotatable bonds is 5. The van der Waals surface area contributed by atoms with Crippen LogP contribution < -0.4 is 15.8 Å². The van der Waals surface area contributed by atoms with E-state index < -0.39 is 0 Å². The van der Waals surface area contributed by atoms with E-state index in [2.05, 4.69) is 26.2 Å². The van der Waals surface area contributed by atoms with E-state index in [0.717, 1.165) is 17.1 Å². The van der Waals surface area contributed by atoms with Gasteiger partial charge in [-0.2, -0.15) is 0 Å². The lowest BCUT2D eigenvalue weighted by atomic mass is 10.2. The molecule has 0 fully saturated rings. The normalized spacial score (nSPS) is 10.3. The first-order valence-electron chi connectivity index (χ1n) is 7.63. The molecule has 25 heavy (non-hydrogen) atoms. The topological polar surface area (TPSA) is 77.2 Å². The third kappa shape index (κ3) is 4.58. The van der Waals surface area contributed by atoms with Crippen LogP contribution in [0.15, 0.2) is 71.3 Å². The Hall–Kier alpha value is -2.86. The SMILES string of the molecule is Nc1ncc(Br)cc1C(=O)NCc1ccc(Oc2ccccc2)cc1. The fourth-order valence-electron chi connectivity index (χ4n) is 2.21. The van der Waals surface area contributed by atoms with Crippen molar-refractivity contribution < 1.29 is 9.53 Å². The maximum absolute atomic E-state index is 12.2. The van der Waals surface area contributed by atoms with Gasteiger partial charge in [0, 0.05) is 17.2 Å². The number of halogens is 1. The van der Waals surface area contributed by atoms with Crippen molar-refractivity contribution in [3.05, 3.63) is 82.5 Å². The summed E-state index contributed by atoms with van der Waals surface area (Å²) in [6.07, 6.45) is 1.55. The molecule has 0 saturated heterocycles. The molecule has 126 valence electrons. The van der Waals surface area contributed by atoms with E-state index in [0.29, 0.717) is 16.6 Å². The van der Waals surface area contributed by atoms with Crippen molar-refractivity contribution >= 4 is 27.7 Å². The molecular formula is C19H16BrN3O2. The number of nitrogens with one attached hydrogen (secondary N) is 1. The van der Waals surface area contributed by atoms with E-state index in [9.17, 15) is 4.79 Å². The number of nitrogens with two attached hydrogens (primary N) is 1. The minimum absolute atomic E-state index is 0.201. The summed E-state index contributed by atoms with van der Waals surface area (Å²) in [7, 11) is 0. The van der Waals surface area contributed by atoms with Crippen LogP contribution in [0.5, 0.6) is 11.5 Å². The third-order valence-corrected chi connectivity index (χ3v) is 3.92. The number of benzene rings is 2. The number of aromatic nitrogens is 1. The number of nitrogens with zero attached hydrogens (tertiary/aromatic N) is 1. The first kappa shape index (κ1) is 17.0. The van der Waals surface area contributed by atoms with Crippen molar-refractivity contribution in [2.24, 2.45) is 0 Å². The summed E-state index contributed by atoms with van der Waals surface area (Å²) in [4.78, 5) is 16.2. The molecule has 1 amide bonds. The molecule has 3 rings (SSSR count). The van der Waals surface area contributed by atoms with E-state index in [1.165, 1.54) is 0 Å². The van der Waals surface area contributed by atoms with Crippen LogP contribution in [0.3, 0.4) is 0 Å². The van der Waals surface area contributed by atoms with Gasteiger partial charge in [-0.3, -0.25) is 4.79 Å². The summed E-state index contributed by atoms with van der Waals surface area (Å²) in [5, 5.41) is 2.83. The summed E-state index contributed by atoms with van der Waals surface area (Å²) < 4.78 is 6.44. The smallest absolute Gasteiger partial charge is 0.255 e. The van der Waals surface area contributed by atoms with E-state index >= 15 is 0 Å². The van der Waals surface area contributed by atoms with Gasteiger partial charge in [0.2, 0.25) is 0 Å². The highest BCUT2D eigenvalue weighted by Crippen LogP contribution is 2.21. The zero-order chi connectivity index (χ0) is 17.6. The van der Waals surface area contributed by atoms with Crippen molar-refractivity contribution in [2.75, 3.05) is 5.73 Å². The molecule has 3 N–H and O–H groups in total. The van der Waals surface area contributed by atoms with Crippen LogP contribution in [0.4, 0.5) is 5.82 Å². The third-order valence-electron chi connectivity index (χ3n) is 3.49. The predicted molar refractivity (Wildman–Crippen MR) is 100 cm³/mol. The average Bonchev–Trinajstić information content (AvgIpc) is 2.64. The first-order chi connectivity index (χ1) is 12.1. The molecule has 0 aliphatic carbocycles. The van der Waals surface area contributed by atoms with E-state index in [4.69, 9.17) is 10.5 Å². The van der Waals surface area contributed by atoms with Gasteiger partial charge in [-0.15, -0.1) is 0 Å². The molecule has 0 bridgehead atoms. The second-order valence-corrected chi connectivity index (χ2v) is 6.24. The minimum Gasteiger partial charge on any atom is -0.457 e. The van der Waals surface area contributed by atoms with E-state index in [1.54, 1.807) is 12.3 Å². The Morgan fingerprint density at radius 1 is 1.08 bits per heavy atom. The summed E-state index contributed by atoms with van der Waals surface area (Å²) in [6.45, 7) is 0.385. The standard InChI is InChI=1S/C19H16BrN3O2/c20-14-10-17(18(21)22-12-14)19(24)23-11-13-6-8-16(9-7-13)25-15-4-2-1-3-5-15/h1-10,12H,11H2,(H2,21,22)(H,23,24). The van der Waals surface area contributed by atoms with Gasteiger partial charge in [0.1, 0.15) is 17.3 Å². The molecule has 5 nitrogen and oxygen atoms in total. The largest absolute Gasteiger partial charge is 0.457 e. The Kier molecular flexibility index (Phi) is 5.30. The second kappa shape index (κ2) is 7.81. The van der Waals surface area contributed by atoms with Crippen LogP contribution in [0, 0.1) is 0 Å². The van der Waals surface area contributed by atoms with Crippen molar-refractivity contribution in [2.45, 2.75) is 6.54 Å². The number of anilines is 1. The molecule has 1 heterocycles. The van der Waals surface area contributed by atoms with Gasteiger partial charge in [0.05, 0.1) is 5.56 Å². The number of carbonyl (C=O) groups excluding carboxylic acids is 1. The number of hydrogen-bond donors (Lipinski definition) is 2. The average molecular weight is 398 g/mol. The molecule has 0 spiro atoms. The van der Waals surface area contributed by atoms with Gasteiger partial charge in [0.15, 0.2) is 0 Å². The fourth-order valence-corrected chi connectivity index (χ4v) is 2.54.